The first-order valence-electron chi connectivity index (χ1n) is 8.95. The predicted molar refractivity (Wildman–Crippen MR) is 104 cm³/mol. The molecule has 0 bridgehead atoms. The molecule has 0 radical (unpaired) electrons. The van der Waals surface area contributed by atoms with Crippen molar-refractivity contribution in [3.63, 3.8) is 0 Å². The van der Waals surface area contributed by atoms with Crippen molar-refractivity contribution in [2.45, 2.75) is 32.4 Å². The van der Waals surface area contributed by atoms with Crippen LogP contribution in [-0.2, 0) is 14.3 Å². The van der Waals surface area contributed by atoms with Crippen molar-refractivity contribution < 1.29 is 23.9 Å². The first kappa shape index (κ1) is 20.1. The fourth-order valence-electron chi connectivity index (χ4n) is 3.06. The van der Waals surface area contributed by atoms with E-state index in [-0.39, 0.29) is 18.2 Å². The van der Waals surface area contributed by atoms with Gasteiger partial charge in [-0.2, -0.15) is 0 Å². The van der Waals surface area contributed by atoms with Crippen LogP contribution in [0.1, 0.15) is 26.5 Å². The molecule has 1 atom stereocenters. The maximum Gasteiger partial charge on any atom is 0.410 e. The molecule has 3 rings (SSSR count). The Balaban J connectivity index is 1.66. The molecule has 0 saturated carbocycles. The van der Waals surface area contributed by atoms with Crippen LogP contribution in [0.2, 0.25) is 0 Å². The third-order valence-electron chi connectivity index (χ3n) is 4.34. The minimum Gasteiger partial charge on any atom is -0.466 e. The number of thiazole rings is 1. The lowest BCUT2D eigenvalue weighted by Crippen LogP contribution is -2.54. The fourth-order valence-corrected chi connectivity index (χ4v) is 3.85. The lowest BCUT2D eigenvalue weighted by Gasteiger charge is -2.36. The van der Waals surface area contributed by atoms with E-state index in [9.17, 15) is 14.4 Å². The second-order valence-electron chi connectivity index (χ2n) is 7.58. The Morgan fingerprint density at radius 3 is 2.71 bits per heavy atom. The molecule has 3 amide bonds. The van der Waals surface area contributed by atoms with Gasteiger partial charge in [0.2, 0.25) is 0 Å². The number of methoxy groups -OCH3 is 1. The molecule has 2 aliphatic rings. The second kappa shape index (κ2) is 7.78. The molecule has 1 aromatic heterocycles. The Morgan fingerprint density at radius 2 is 2.04 bits per heavy atom. The Labute approximate surface area is 167 Å². The molecule has 152 valence electrons. The highest BCUT2D eigenvalue weighted by Crippen LogP contribution is 2.29. The van der Waals surface area contributed by atoms with Crippen LogP contribution >= 0.6 is 11.3 Å². The summed E-state index contributed by atoms with van der Waals surface area (Å²) in [5, 5.41) is 2.33. The van der Waals surface area contributed by atoms with E-state index in [0.717, 1.165) is 0 Å². The van der Waals surface area contributed by atoms with Crippen LogP contribution in [0.3, 0.4) is 0 Å². The summed E-state index contributed by atoms with van der Waals surface area (Å²) in [7, 11) is 1.30. The van der Waals surface area contributed by atoms with Crippen LogP contribution in [0.25, 0.3) is 6.08 Å². The largest absolute Gasteiger partial charge is 0.466 e. The first-order valence-corrected chi connectivity index (χ1v) is 9.83. The summed E-state index contributed by atoms with van der Waals surface area (Å²) in [5.74, 6) is -0.467. The molecule has 2 saturated heterocycles. The van der Waals surface area contributed by atoms with Gasteiger partial charge in [0.1, 0.15) is 5.60 Å². The van der Waals surface area contributed by atoms with E-state index in [4.69, 9.17) is 4.74 Å². The highest BCUT2D eigenvalue weighted by atomic mass is 32.1. The minimum absolute atomic E-state index is 0.105. The SMILES string of the molecule is COC(=O)/C=C/c1csc(N2C[C@@H]3CN(C(=O)OC(C)(C)C)CCN3C2=O)n1. The van der Waals surface area contributed by atoms with Gasteiger partial charge in [0.05, 0.1) is 25.4 Å². The predicted octanol–water partition coefficient (Wildman–Crippen LogP) is 2.19. The van der Waals surface area contributed by atoms with Gasteiger partial charge in [0.25, 0.3) is 0 Å². The Hall–Kier alpha value is -2.62. The minimum atomic E-state index is -0.555. The van der Waals surface area contributed by atoms with Crippen LogP contribution in [0.4, 0.5) is 14.7 Å². The van der Waals surface area contributed by atoms with Crippen LogP contribution in [0.5, 0.6) is 0 Å². The summed E-state index contributed by atoms with van der Waals surface area (Å²) in [5.41, 5.74) is 0.0271. The van der Waals surface area contributed by atoms with Gasteiger partial charge in [0, 0.05) is 31.1 Å². The van der Waals surface area contributed by atoms with E-state index in [0.29, 0.717) is 37.0 Å². The molecule has 2 fully saturated rings. The summed E-state index contributed by atoms with van der Waals surface area (Å²) in [6.45, 7) is 7.27. The van der Waals surface area contributed by atoms with E-state index >= 15 is 0 Å². The first-order chi connectivity index (χ1) is 13.2. The van der Waals surface area contributed by atoms with E-state index in [1.54, 1.807) is 26.2 Å². The number of carbonyl (C=O) groups is 3. The number of rotatable bonds is 3. The Morgan fingerprint density at radius 1 is 1.29 bits per heavy atom. The Kier molecular flexibility index (Phi) is 5.59. The third kappa shape index (κ3) is 4.44. The quantitative estimate of drug-likeness (QED) is 0.562. The highest BCUT2D eigenvalue weighted by molar-refractivity contribution is 7.14. The molecule has 3 heterocycles. The number of carbonyl (C=O) groups excluding carboxylic acids is 3. The molecule has 0 unspecified atom stereocenters. The van der Waals surface area contributed by atoms with Gasteiger partial charge in [-0.05, 0) is 26.8 Å². The average Bonchev–Trinajstić information content (AvgIpc) is 3.22. The fraction of sp³-hybridized carbons (Fsp3) is 0.556. The van der Waals surface area contributed by atoms with Gasteiger partial charge in [-0.1, -0.05) is 0 Å². The van der Waals surface area contributed by atoms with E-state index < -0.39 is 11.6 Å². The second-order valence-corrected chi connectivity index (χ2v) is 8.41. The van der Waals surface area contributed by atoms with Crippen molar-refractivity contribution in [3.05, 3.63) is 17.2 Å². The summed E-state index contributed by atoms with van der Waals surface area (Å²) < 4.78 is 9.99. The molecule has 9 nitrogen and oxygen atoms in total. The molecule has 1 aromatic rings. The van der Waals surface area contributed by atoms with Crippen molar-refractivity contribution >= 4 is 40.6 Å². The number of hydrogen-bond acceptors (Lipinski definition) is 7. The van der Waals surface area contributed by atoms with Crippen LogP contribution in [0, 0.1) is 0 Å². The monoisotopic (exact) mass is 408 g/mol. The van der Waals surface area contributed by atoms with Crippen LogP contribution < -0.4 is 4.90 Å². The number of anilines is 1. The number of ether oxygens (including phenoxy) is 2. The maximum atomic E-state index is 12.8. The summed E-state index contributed by atoms with van der Waals surface area (Å²) in [6.07, 6.45) is 2.47. The summed E-state index contributed by atoms with van der Waals surface area (Å²) in [4.78, 5) is 45.7. The van der Waals surface area contributed by atoms with Crippen molar-refractivity contribution in [2.75, 3.05) is 38.2 Å². The zero-order valence-corrected chi connectivity index (χ0v) is 17.2. The van der Waals surface area contributed by atoms with E-state index in [1.807, 2.05) is 20.8 Å². The number of nitrogens with zero attached hydrogens (tertiary/aromatic N) is 4. The van der Waals surface area contributed by atoms with Gasteiger partial charge < -0.3 is 19.3 Å². The molecule has 0 aromatic carbocycles. The summed E-state index contributed by atoms with van der Waals surface area (Å²) >= 11 is 1.33. The topological polar surface area (TPSA) is 92.3 Å². The zero-order valence-electron chi connectivity index (χ0n) is 16.4. The lowest BCUT2D eigenvalue weighted by atomic mass is 10.2. The van der Waals surface area contributed by atoms with Crippen LogP contribution in [-0.4, -0.2) is 77.8 Å². The van der Waals surface area contributed by atoms with Gasteiger partial charge in [-0.15, -0.1) is 11.3 Å². The van der Waals surface area contributed by atoms with Crippen molar-refractivity contribution in [2.24, 2.45) is 0 Å². The van der Waals surface area contributed by atoms with Gasteiger partial charge in [0.15, 0.2) is 5.13 Å². The van der Waals surface area contributed by atoms with Gasteiger partial charge in [-0.3, -0.25) is 4.90 Å². The lowest BCUT2D eigenvalue weighted by molar-refractivity contribution is -0.134. The maximum absolute atomic E-state index is 12.8. The number of fused-ring (bicyclic) bond motifs is 1. The third-order valence-corrected chi connectivity index (χ3v) is 5.22. The van der Waals surface area contributed by atoms with E-state index in [2.05, 4.69) is 9.72 Å². The Bertz CT molecular complexity index is 800. The normalized spacial score (nSPS) is 19.9. The van der Waals surface area contributed by atoms with Crippen molar-refractivity contribution in [1.82, 2.24) is 14.8 Å². The number of urea groups is 1. The standard InChI is InChI=1S/C18H24N4O5S/c1-18(2,3)27-17(25)20-7-8-21-13(9-20)10-22(16(21)24)15-19-12(11-28-15)5-6-14(23)26-4/h5-6,11,13H,7-10H2,1-4H3/b6-5+/t13-/m0/s1. The molecule has 0 spiro atoms. The van der Waals surface area contributed by atoms with Crippen molar-refractivity contribution in [3.8, 4) is 0 Å². The van der Waals surface area contributed by atoms with Gasteiger partial charge >= 0.3 is 18.1 Å². The number of esters is 1. The molecule has 2 aliphatic heterocycles. The molecular formula is C18H24N4O5S. The van der Waals surface area contributed by atoms with Gasteiger partial charge in [-0.25, -0.2) is 19.4 Å². The van der Waals surface area contributed by atoms with E-state index in [1.165, 1.54) is 24.5 Å². The molecule has 10 heteroatoms. The smallest absolute Gasteiger partial charge is 0.410 e. The average molecular weight is 408 g/mol. The van der Waals surface area contributed by atoms with Crippen molar-refractivity contribution in [1.29, 1.82) is 0 Å². The van der Waals surface area contributed by atoms with Crippen LogP contribution in [0.15, 0.2) is 11.5 Å². The molecule has 28 heavy (non-hydrogen) atoms. The molecule has 0 N–H and O–H groups in total. The zero-order chi connectivity index (χ0) is 20.5. The number of amides is 3. The highest BCUT2D eigenvalue weighted by Gasteiger charge is 2.43. The molecule has 0 aliphatic carbocycles. The number of hydrogen-bond donors (Lipinski definition) is 0. The number of piperazine rings is 1. The number of aromatic nitrogens is 1. The summed E-state index contributed by atoms with van der Waals surface area (Å²) in [6, 6.07) is -0.224. The molecular weight excluding hydrogens is 384 g/mol.